The second kappa shape index (κ2) is 30.2. The van der Waals surface area contributed by atoms with Crippen LogP contribution in [0.2, 0.25) is 10.0 Å². The van der Waals surface area contributed by atoms with Crippen molar-refractivity contribution in [2.45, 2.75) is 57.8 Å². The van der Waals surface area contributed by atoms with E-state index in [1.807, 2.05) is 0 Å². The average molecular weight is 794 g/mol. The Bertz CT molecular complexity index is 1330. The predicted molar refractivity (Wildman–Crippen MR) is 189 cm³/mol. The Morgan fingerprint density at radius 2 is 0.698 bits per heavy atom. The van der Waals surface area contributed by atoms with Gasteiger partial charge in [-0.2, -0.15) is 0 Å². The number of carboxylic acid groups (broad SMARTS) is 2. The van der Waals surface area contributed by atoms with Gasteiger partial charge in [0.15, 0.2) is 0 Å². The number of ether oxygens (including phenoxy) is 4. The summed E-state index contributed by atoms with van der Waals surface area (Å²) < 4.78 is 20.3. The number of aliphatic hydroxyl groups excluding tert-OH is 4. The Labute approximate surface area is 316 Å². The number of rotatable bonds is 22. The van der Waals surface area contributed by atoms with E-state index < -0.39 is 42.2 Å². The lowest BCUT2D eigenvalue weighted by atomic mass is 10.1. The molecule has 0 radical (unpaired) electrons. The van der Waals surface area contributed by atoms with Crippen molar-refractivity contribution < 1.29 is 78.4 Å². The fraction of sp³-hybridized carbons (Fsp3) is 0.486. The molecule has 18 heteroatoms. The van der Waals surface area contributed by atoms with Crippen molar-refractivity contribution in [1.29, 1.82) is 0 Å². The highest BCUT2D eigenvalue weighted by atomic mass is 35.5. The van der Waals surface area contributed by atoms with Crippen molar-refractivity contribution in [2.24, 2.45) is 0 Å². The van der Waals surface area contributed by atoms with E-state index >= 15 is 0 Å². The molecule has 0 aromatic heterocycles. The summed E-state index contributed by atoms with van der Waals surface area (Å²) in [7, 11) is 0. The minimum absolute atomic E-state index is 0.0279. The molecule has 53 heavy (non-hydrogen) atoms. The van der Waals surface area contributed by atoms with Gasteiger partial charge in [-0.15, -0.1) is 0 Å². The molecule has 0 unspecified atom stereocenters. The Morgan fingerprint density at radius 1 is 0.434 bits per heavy atom. The largest absolute Gasteiger partial charge is 0.481 e. The molecule has 0 bridgehead atoms. The molecular formula is C35H46Cl2O16. The van der Waals surface area contributed by atoms with Gasteiger partial charge in [0.25, 0.3) is 0 Å². The van der Waals surface area contributed by atoms with Gasteiger partial charge in [-0.25, -0.2) is 19.2 Å². The maximum absolute atomic E-state index is 12.1. The molecule has 2 aromatic carbocycles. The van der Waals surface area contributed by atoms with Gasteiger partial charge in [0.05, 0.1) is 48.7 Å². The van der Waals surface area contributed by atoms with E-state index in [9.17, 15) is 28.8 Å². The number of aliphatic carboxylic acids is 2. The normalized spacial score (nSPS) is 10.1. The molecule has 2 aromatic rings. The number of hydrogen-bond donors (Lipinski definition) is 6. The van der Waals surface area contributed by atoms with Crippen LogP contribution in [0, 0.1) is 0 Å². The molecule has 6 N–H and O–H groups in total. The fourth-order valence-electron chi connectivity index (χ4n) is 3.68. The predicted octanol–water partition coefficient (Wildman–Crippen LogP) is 3.94. The van der Waals surface area contributed by atoms with Crippen molar-refractivity contribution in [3.8, 4) is 0 Å². The number of aliphatic hydroxyl groups is 4. The van der Waals surface area contributed by atoms with Gasteiger partial charge in [-0.1, -0.05) is 23.2 Å². The summed E-state index contributed by atoms with van der Waals surface area (Å²) in [5, 5.41) is 50.8. The maximum Gasteiger partial charge on any atom is 0.339 e. The van der Waals surface area contributed by atoms with Crippen LogP contribution in [0.5, 0.6) is 0 Å². The van der Waals surface area contributed by atoms with Crippen molar-refractivity contribution in [3.05, 3.63) is 68.7 Å². The van der Waals surface area contributed by atoms with Crippen LogP contribution >= 0.6 is 23.2 Å². The third-order valence-corrected chi connectivity index (χ3v) is 6.76. The summed E-state index contributed by atoms with van der Waals surface area (Å²) in [6, 6.07) is 8.55. The standard InChI is InChI=1S/2C16H21ClO6.C3H4O4/c2*17-12-5-6-13(15(20)22-9-3-1-7-18)14(11-12)16(21)23-10-4-2-8-19;4-2(5)1-3(6)7/h2*5-6,11,18-19H,1-4,7-10H2;1H2,(H,4,5)(H,6,7). The van der Waals surface area contributed by atoms with Crippen LogP contribution in [-0.2, 0) is 28.5 Å². The number of carbonyl (C=O) groups is 6. The first kappa shape index (κ1) is 48.7. The summed E-state index contributed by atoms with van der Waals surface area (Å²) in [5.74, 6) is -5.22. The zero-order valence-corrected chi connectivity index (χ0v) is 30.5. The van der Waals surface area contributed by atoms with Crippen LogP contribution < -0.4 is 0 Å². The molecule has 0 amide bonds. The lowest BCUT2D eigenvalue weighted by Gasteiger charge is -2.10. The molecule has 0 saturated carbocycles. The number of halogens is 2. The molecule has 0 saturated heterocycles. The molecule has 16 nitrogen and oxygen atoms in total. The Balaban J connectivity index is 0.000000865. The first-order valence-electron chi connectivity index (χ1n) is 16.5. The van der Waals surface area contributed by atoms with Crippen LogP contribution in [0.3, 0.4) is 0 Å². The quantitative estimate of drug-likeness (QED) is 0.0427. The van der Waals surface area contributed by atoms with Crippen LogP contribution in [0.15, 0.2) is 36.4 Å². The van der Waals surface area contributed by atoms with E-state index in [1.165, 1.54) is 36.4 Å². The fourth-order valence-corrected chi connectivity index (χ4v) is 4.03. The molecule has 2 rings (SSSR count). The van der Waals surface area contributed by atoms with Gasteiger partial charge in [0, 0.05) is 36.5 Å². The van der Waals surface area contributed by atoms with Crippen LogP contribution in [0.4, 0.5) is 0 Å². The number of carbonyl (C=O) groups excluding carboxylic acids is 4. The zero-order valence-electron chi connectivity index (χ0n) is 29.0. The minimum Gasteiger partial charge on any atom is -0.481 e. The van der Waals surface area contributed by atoms with Gasteiger partial charge in [0.2, 0.25) is 0 Å². The maximum atomic E-state index is 12.1. The first-order chi connectivity index (χ1) is 25.3. The van der Waals surface area contributed by atoms with Gasteiger partial charge < -0.3 is 49.6 Å². The van der Waals surface area contributed by atoms with E-state index in [0.29, 0.717) is 61.4 Å². The SMILES string of the molecule is O=C(O)CC(=O)O.O=C(OCCCCO)c1ccc(Cl)cc1C(=O)OCCCCO.O=C(OCCCCO)c1ccc(Cl)cc1C(=O)OCCCCO. The second-order valence-electron chi connectivity index (χ2n) is 10.6. The second-order valence-corrected chi connectivity index (χ2v) is 11.5. The van der Waals surface area contributed by atoms with Gasteiger partial charge >= 0.3 is 35.8 Å². The average Bonchev–Trinajstić information content (AvgIpc) is 3.11. The van der Waals surface area contributed by atoms with Crippen LogP contribution in [0.1, 0.15) is 99.2 Å². The van der Waals surface area contributed by atoms with E-state index in [1.54, 1.807) is 0 Å². The van der Waals surface area contributed by atoms with Crippen LogP contribution in [0.25, 0.3) is 0 Å². The summed E-state index contributed by atoms with van der Waals surface area (Å²) in [4.78, 5) is 67.1. The third-order valence-electron chi connectivity index (χ3n) is 6.29. The Morgan fingerprint density at radius 3 is 0.925 bits per heavy atom. The van der Waals surface area contributed by atoms with Crippen molar-refractivity contribution >= 4 is 59.0 Å². The molecule has 0 aliphatic heterocycles. The lowest BCUT2D eigenvalue weighted by molar-refractivity contribution is -0.147. The Kier molecular flexibility index (Phi) is 27.7. The molecule has 0 heterocycles. The van der Waals surface area contributed by atoms with E-state index in [4.69, 9.17) is 72.8 Å². The first-order valence-corrected chi connectivity index (χ1v) is 17.2. The molecule has 0 spiro atoms. The number of unbranched alkanes of at least 4 members (excludes halogenated alkanes) is 4. The number of hydrogen-bond acceptors (Lipinski definition) is 14. The molecule has 0 atom stereocenters. The van der Waals surface area contributed by atoms with E-state index in [-0.39, 0.29) is 75.1 Å². The summed E-state index contributed by atoms with van der Waals surface area (Å²) in [6.45, 7) is 0.738. The zero-order chi connectivity index (χ0) is 40.0. The smallest absolute Gasteiger partial charge is 0.339 e. The molecular weight excluding hydrogens is 747 g/mol. The summed E-state index contributed by atoms with van der Waals surface area (Å²) in [5.41, 5.74) is 0.276. The van der Waals surface area contributed by atoms with Crippen molar-refractivity contribution in [2.75, 3.05) is 52.9 Å². The highest BCUT2D eigenvalue weighted by molar-refractivity contribution is 6.31. The molecule has 0 aliphatic carbocycles. The van der Waals surface area contributed by atoms with E-state index in [2.05, 4.69) is 0 Å². The highest BCUT2D eigenvalue weighted by Crippen LogP contribution is 2.20. The number of carboxylic acids is 2. The lowest BCUT2D eigenvalue weighted by Crippen LogP contribution is -2.15. The van der Waals surface area contributed by atoms with Gasteiger partial charge in [-0.05, 0) is 87.8 Å². The summed E-state index contributed by atoms with van der Waals surface area (Å²) >= 11 is 11.7. The number of esters is 4. The van der Waals surface area contributed by atoms with Crippen molar-refractivity contribution in [3.63, 3.8) is 0 Å². The van der Waals surface area contributed by atoms with E-state index in [0.717, 1.165) is 0 Å². The third kappa shape index (κ3) is 23.1. The highest BCUT2D eigenvalue weighted by Gasteiger charge is 2.21. The Hall–Kier alpha value is -4.32. The monoisotopic (exact) mass is 792 g/mol. The van der Waals surface area contributed by atoms with Crippen molar-refractivity contribution in [1.82, 2.24) is 0 Å². The molecule has 0 aliphatic rings. The molecule has 296 valence electrons. The molecule has 0 fully saturated rings. The van der Waals surface area contributed by atoms with Gasteiger partial charge in [-0.3, -0.25) is 9.59 Å². The van der Waals surface area contributed by atoms with Gasteiger partial charge in [0.1, 0.15) is 6.42 Å². The van der Waals surface area contributed by atoms with Crippen LogP contribution in [-0.4, -0.2) is 119 Å². The topological polar surface area (TPSA) is 261 Å². The minimum atomic E-state index is -1.31. The number of benzene rings is 2. The summed E-state index contributed by atoms with van der Waals surface area (Å²) in [6.07, 6.45) is 3.47.